The van der Waals surface area contributed by atoms with Crippen LogP contribution in [0, 0.1) is 34.4 Å². The van der Waals surface area contributed by atoms with Crippen molar-refractivity contribution in [2.45, 2.75) is 51.9 Å². The van der Waals surface area contributed by atoms with Gasteiger partial charge in [0.15, 0.2) is 0 Å². The van der Waals surface area contributed by atoms with Crippen LogP contribution in [0.25, 0.3) is 0 Å². The van der Waals surface area contributed by atoms with Gasteiger partial charge < -0.3 is 9.80 Å². The molecule has 0 spiro atoms. The van der Waals surface area contributed by atoms with E-state index in [-0.39, 0.29) is 24.2 Å². The van der Waals surface area contributed by atoms with Crippen LogP contribution < -0.4 is 0 Å². The molecule has 0 aliphatic carbocycles. The normalized spacial score (nSPS) is 16.5. The number of benzene rings is 6. The summed E-state index contributed by atoms with van der Waals surface area (Å²) in [6, 6.07) is 58.1. The zero-order chi connectivity index (χ0) is 34.3. The van der Waals surface area contributed by atoms with Gasteiger partial charge in [-0.25, -0.2) is 6.67 Å². The minimum atomic E-state index is 0.00760. The fourth-order valence-corrected chi connectivity index (χ4v) is 7.64. The van der Waals surface area contributed by atoms with Crippen LogP contribution >= 0.6 is 10.1 Å². The summed E-state index contributed by atoms with van der Waals surface area (Å²) in [5.74, 6) is 0. The molecule has 2 atom stereocenters. The summed E-state index contributed by atoms with van der Waals surface area (Å²) < 4.78 is 0. The van der Waals surface area contributed by atoms with E-state index < -0.39 is 0 Å². The summed E-state index contributed by atoms with van der Waals surface area (Å²) in [7, 11) is 4.20. The Morgan fingerprint density at radius 3 is 0.918 bits per heavy atom. The Bertz CT molecular complexity index is 1730. The Balaban J connectivity index is 0.00000205. The van der Waals surface area contributed by atoms with Gasteiger partial charge in [-0.05, 0) is 83.3 Å². The number of hydrogen-bond donors (Lipinski definition) is 0. The number of hydrogen-bond acceptors (Lipinski definition) is 2. The Hall–Kier alpha value is -3.95. The van der Waals surface area contributed by atoms with Gasteiger partial charge >= 0.3 is 25.2 Å². The topological polar surface area (TPSA) is 6.48 Å². The van der Waals surface area contributed by atoms with E-state index in [4.69, 9.17) is 0 Å². The molecule has 0 aromatic heterocycles. The molecule has 251 valence electrons. The van der Waals surface area contributed by atoms with Crippen molar-refractivity contribution in [3.8, 4) is 0 Å². The molecule has 0 saturated carbocycles. The Labute approximate surface area is 305 Å². The SMILES string of the molecule is Cc1ccccc1C(c1ccccc1C)N1[CH-]N(C(c2ccccc2C)c2ccccc2C)[C@@H](c2ccccc2)[C@@H]1c1ccccc1.[Cl][Cu+]. The van der Waals surface area contributed by atoms with Crippen LogP contribution in [0.5, 0.6) is 0 Å². The summed E-state index contributed by atoms with van der Waals surface area (Å²) in [5.41, 5.74) is 13.1. The van der Waals surface area contributed by atoms with E-state index in [0.29, 0.717) is 0 Å². The van der Waals surface area contributed by atoms with Crippen molar-refractivity contribution in [2.24, 2.45) is 0 Å². The Kier molecular flexibility index (Phi) is 11.5. The quantitative estimate of drug-likeness (QED) is 0.115. The Morgan fingerprint density at radius 1 is 0.408 bits per heavy atom. The second kappa shape index (κ2) is 16.2. The van der Waals surface area contributed by atoms with Crippen LogP contribution in [0.2, 0.25) is 0 Å². The van der Waals surface area contributed by atoms with Gasteiger partial charge in [-0.15, -0.1) is 0 Å². The second-order valence-electron chi connectivity index (χ2n) is 13.0. The van der Waals surface area contributed by atoms with E-state index >= 15 is 0 Å². The first-order valence-corrected chi connectivity index (χ1v) is 18.2. The van der Waals surface area contributed by atoms with Crippen LogP contribution in [-0.2, 0) is 15.1 Å². The van der Waals surface area contributed by atoms with Crippen molar-refractivity contribution >= 4 is 10.1 Å². The molecule has 1 heterocycles. The zero-order valence-electron chi connectivity index (χ0n) is 28.5. The van der Waals surface area contributed by atoms with Crippen LogP contribution in [0.3, 0.4) is 0 Å². The summed E-state index contributed by atoms with van der Waals surface area (Å²) in [5, 5.41) is 0. The van der Waals surface area contributed by atoms with Crippen LogP contribution in [-0.4, -0.2) is 9.80 Å². The monoisotopic (exact) mass is 709 g/mol. The molecule has 1 saturated heterocycles. The third kappa shape index (κ3) is 7.19. The van der Waals surface area contributed by atoms with E-state index in [1.165, 1.54) is 55.6 Å². The van der Waals surface area contributed by atoms with Gasteiger partial charge in [-0.1, -0.05) is 158 Å². The molecule has 0 bridgehead atoms. The van der Waals surface area contributed by atoms with E-state index in [2.05, 4.69) is 227 Å². The van der Waals surface area contributed by atoms with Crippen LogP contribution in [0.15, 0.2) is 158 Å². The maximum atomic E-state index is 4.20. The average molecular weight is 711 g/mol. The van der Waals surface area contributed by atoms with Gasteiger partial charge in [-0.2, -0.15) is 0 Å². The van der Waals surface area contributed by atoms with Gasteiger partial charge in [0.05, 0.1) is 0 Å². The molecule has 2 nitrogen and oxygen atoms in total. The van der Waals surface area contributed by atoms with E-state index in [1.54, 1.807) is 0 Å². The van der Waals surface area contributed by atoms with Crippen molar-refractivity contribution in [3.05, 3.63) is 220 Å². The first kappa shape index (κ1) is 34.9. The third-order valence-corrected chi connectivity index (χ3v) is 10.0. The molecule has 1 aliphatic rings. The molecule has 7 rings (SSSR count). The van der Waals surface area contributed by atoms with Crippen molar-refractivity contribution < 1.29 is 15.1 Å². The van der Waals surface area contributed by atoms with E-state index in [0.717, 1.165) is 0 Å². The predicted molar refractivity (Wildman–Crippen MR) is 201 cm³/mol. The molecule has 49 heavy (non-hydrogen) atoms. The second-order valence-corrected chi connectivity index (χ2v) is 13.0. The fourth-order valence-electron chi connectivity index (χ4n) is 7.64. The number of nitrogens with zero attached hydrogens (tertiary/aromatic N) is 2. The molecule has 4 heteroatoms. The van der Waals surface area contributed by atoms with Crippen LogP contribution in [0.1, 0.15) is 79.8 Å². The average Bonchev–Trinajstić information content (AvgIpc) is 3.53. The zero-order valence-corrected chi connectivity index (χ0v) is 30.2. The number of halogens is 1. The molecular weight excluding hydrogens is 668 g/mol. The molecular formula is C45H43ClCuN2. The molecule has 6 aromatic rings. The molecule has 0 N–H and O–H groups in total. The third-order valence-electron chi connectivity index (χ3n) is 10.0. The van der Waals surface area contributed by atoms with Crippen molar-refractivity contribution in [3.63, 3.8) is 0 Å². The molecule has 6 aromatic carbocycles. The first-order valence-electron chi connectivity index (χ1n) is 16.9. The summed E-state index contributed by atoms with van der Waals surface area (Å²) in [6.07, 6.45) is 0. The summed E-state index contributed by atoms with van der Waals surface area (Å²) >= 11 is 3.66. The predicted octanol–water partition coefficient (Wildman–Crippen LogP) is 11.7. The van der Waals surface area contributed by atoms with Gasteiger partial charge in [0.25, 0.3) is 0 Å². The molecule has 1 aliphatic heterocycles. The number of rotatable bonds is 8. The first-order chi connectivity index (χ1) is 24.0. The van der Waals surface area contributed by atoms with Gasteiger partial charge in [0.2, 0.25) is 0 Å². The van der Waals surface area contributed by atoms with Crippen molar-refractivity contribution in [1.29, 1.82) is 0 Å². The van der Waals surface area contributed by atoms with Crippen molar-refractivity contribution in [1.82, 2.24) is 9.80 Å². The van der Waals surface area contributed by atoms with Crippen molar-refractivity contribution in [2.75, 3.05) is 0 Å². The van der Waals surface area contributed by atoms with Crippen LogP contribution in [0.4, 0.5) is 0 Å². The standard InChI is InChI=1S/C45H43N2.ClH.Cu/c1-32-19-11-15-27-38(32)44(39-28-16-12-20-33(39)2)46-31-47(43(37-25-9-6-10-26-37)42(46)36-23-7-5-8-24-36)45(40-29-17-13-21-34(40)3)41-30-18-14-22-35(41)4;;/h5-31,42-45H,1-4H3;1H;/q-1;;+2/p-1/t42-,43-;;/m0../s1. The van der Waals surface area contributed by atoms with Gasteiger partial charge in [0.1, 0.15) is 0 Å². The van der Waals surface area contributed by atoms with Gasteiger partial charge in [-0.3, -0.25) is 0 Å². The Morgan fingerprint density at radius 2 is 0.653 bits per heavy atom. The molecule has 1 fully saturated rings. The summed E-state index contributed by atoms with van der Waals surface area (Å²) in [6.45, 7) is 11.5. The molecule has 0 radical (unpaired) electrons. The maximum absolute atomic E-state index is 4.20. The molecule has 0 unspecified atom stereocenters. The van der Waals surface area contributed by atoms with Gasteiger partial charge in [0, 0.05) is 24.2 Å². The fraction of sp³-hybridized carbons (Fsp3) is 0.178. The minimum absolute atomic E-state index is 0.00760. The van der Waals surface area contributed by atoms with E-state index in [1.807, 2.05) is 0 Å². The number of aryl methyl sites for hydroxylation is 4. The summed E-state index contributed by atoms with van der Waals surface area (Å²) in [4.78, 5) is 5.34. The molecule has 0 amide bonds. The van der Waals surface area contributed by atoms with E-state index in [9.17, 15) is 0 Å².